The van der Waals surface area contributed by atoms with E-state index in [2.05, 4.69) is 0 Å². The van der Waals surface area contributed by atoms with Crippen molar-refractivity contribution in [2.45, 2.75) is 4.90 Å². The molecule has 4 aromatic rings. The van der Waals surface area contributed by atoms with E-state index < -0.39 is 37.8 Å². The molecule has 1 aromatic heterocycles. The first-order chi connectivity index (χ1) is 16.6. The number of nitrogens with zero attached hydrogens (tertiary/aromatic N) is 1. The number of pyridine rings is 1. The first-order valence-corrected chi connectivity index (χ1v) is 11.4. The summed E-state index contributed by atoms with van der Waals surface area (Å²) in [6.45, 7) is 0. The van der Waals surface area contributed by atoms with Crippen LogP contribution in [-0.4, -0.2) is 33.7 Å². The van der Waals surface area contributed by atoms with Gasteiger partial charge in [0.25, 0.3) is 10.0 Å². The van der Waals surface area contributed by atoms with Crippen molar-refractivity contribution >= 4 is 20.9 Å². The Hall–Kier alpha value is -3.99. The Morgan fingerprint density at radius 1 is 0.771 bits per heavy atom. The van der Waals surface area contributed by atoms with E-state index in [9.17, 15) is 26.4 Å². The van der Waals surface area contributed by atoms with Gasteiger partial charge in [-0.1, -0.05) is 0 Å². The predicted octanol–water partition coefficient (Wildman–Crippen LogP) is 4.35. The molecule has 0 fully saturated rings. The molecule has 0 radical (unpaired) electrons. The lowest BCUT2D eigenvalue weighted by atomic mass is 10.1. The van der Waals surface area contributed by atoms with E-state index in [0.29, 0.717) is 17.9 Å². The van der Waals surface area contributed by atoms with Crippen molar-refractivity contribution in [1.82, 2.24) is 3.97 Å². The molecule has 0 aliphatic rings. The van der Waals surface area contributed by atoms with Gasteiger partial charge >= 0.3 is 0 Å². The van der Waals surface area contributed by atoms with E-state index in [0.717, 1.165) is 10.0 Å². The van der Waals surface area contributed by atoms with Gasteiger partial charge in [0.15, 0.2) is 22.9 Å². The monoisotopic (exact) mass is 505 g/mol. The second kappa shape index (κ2) is 8.99. The highest BCUT2D eigenvalue weighted by Crippen LogP contribution is 2.35. The van der Waals surface area contributed by atoms with Crippen LogP contribution in [0.25, 0.3) is 22.2 Å². The smallest absolute Gasteiger partial charge is 0.268 e. The Bertz CT molecular complexity index is 1590. The largest absolute Gasteiger partial charge is 0.497 e. The normalized spacial score (nSPS) is 11.5. The number of methoxy groups -OCH3 is 3. The average Bonchev–Trinajstić information content (AvgIpc) is 2.85. The molecule has 0 saturated carbocycles. The molecule has 35 heavy (non-hydrogen) atoms. The maximum atomic E-state index is 14.0. The first-order valence-electron chi connectivity index (χ1n) is 9.98. The molecule has 0 aliphatic carbocycles. The fourth-order valence-electron chi connectivity index (χ4n) is 3.66. The molecule has 11 heteroatoms. The van der Waals surface area contributed by atoms with Crippen LogP contribution in [0.1, 0.15) is 0 Å². The Labute approximate surface area is 198 Å². The average molecular weight is 505 g/mol. The molecule has 0 saturated heterocycles. The quantitative estimate of drug-likeness (QED) is 0.363. The van der Waals surface area contributed by atoms with Crippen LogP contribution in [-0.2, 0) is 10.0 Å². The lowest BCUT2D eigenvalue weighted by Crippen LogP contribution is -2.21. The highest BCUT2D eigenvalue weighted by molar-refractivity contribution is 7.90. The summed E-state index contributed by atoms with van der Waals surface area (Å²) >= 11 is 0. The third kappa shape index (κ3) is 4.08. The van der Waals surface area contributed by atoms with Gasteiger partial charge in [-0.15, -0.1) is 0 Å². The predicted molar refractivity (Wildman–Crippen MR) is 122 cm³/mol. The fourth-order valence-corrected chi connectivity index (χ4v) is 5.19. The molecule has 0 amide bonds. The molecule has 0 bridgehead atoms. The van der Waals surface area contributed by atoms with Gasteiger partial charge in [0.1, 0.15) is 17.2 Å². The van der Waals surface area contributed by atoms with Gasteiger partial charge in [-0.05, 0) is 42.0 Å². The van der Waals surface area contributed by atoms with Gasteiger partial charge in [-0.3, -0.25) is 4.79 Å². The molecule has 7 nitrogen and oxygen atoms in total. The summed E-state index contributed by atoms with van der Waals surface area (Å²) in [6.07, 6.45) is 0. The molecule has 182 valence electrons. The minimum atomic E-state index is -4.80. The highest BCUT2D eigenvalue weighted by Gasteiger charge is 2.28. The minimum absolute atomic E-state index is 0.0195. The van der Waals surface area contributed by atoms with Crippen LogP contribution in [0.3, 0.4) is 0 Å². The highest BCUT2D eigenvalue weighted by atomic mass is 32.2. The Balaban J connectivity index is 2.19. The van der Waals surface area contributed by atoms with E-state index in [4.69, 9.17) is 14.2 Å². The van der Waals surface area contributed by atoms with Crippen LogP contribution >= 0.6 is 0 Å². The lowest BCUT2D eigenvalue weighted by molar-refractivity contribution is 0.397. The van der Waals surface area contributed by atoms with E-state index in [1.54, 1.807) is 12.1 Å². The van der Waals surface area contributed by atoms with Crippen molar-refractivity contribution in [1.29, 1.82) is 0 Å². The Kier molecular flexibility index (Phi) is 6.20. The summed E-state index contributed by atoms with van der Waals surface area (Å²) in [6, 6.07) is 10.6. The third-order valence-electron chi connectivity index (χ3n) is 5.34. The zero-order valence-electron chi connectivity index (χ0n) is 18.6. The SMILES string of the molecule is COc1ccc(-c2cc(=O)c3c(OC)cc(OC)cc3n2S(=O)(=O)c2cc(F)c(F)c(F)c2)cc1. The molecule has 0 aliphatic heterocycles. The molecule has 0 atom stereocenters. The number of hydrogen-bond donors (Lipinski definition) is 0. The van der Waals surface area contributed by atoms with Crippen molar-refractivity contribution in [2.75, 3.05) is 21.3 Å². The maximum Gasteiger partial charge on any atom is 0.268 e. The van der Waals surface area contributed by atoms with E-state index in [1.165, 1.54) is 45.6 Å². The number of halogens is 3. The number of aromatic nitrogens is 1. The Morgan fingerprint density at radius 2 is 1.37 bits per heavy atom. The van der Waals surface area contributed by atoms with Gasteiger partial charge in [0, 0.05) is 18.2 Å². The second-order valence-electron chi connectivity index (χ2n) is 7.32. The van der Waals surface area contributed by atoms with Crippen LogP contribution in [0.5, 0.6) is 17.2 Å². The summed E-state index contributed by atoms with van der Waals surface area (Å²) in [4.78, 5) is 12.3. The van der Waals surface area contributed by atoms with Gasteiger partial charge in [-0.2, -0.15) is 0 Å². The van der Waals surface area contributed by atoms with Crippen LogP contribution in [0, 0.1) is 17.5 Å². The standard InChI is InChI=1S/C24H18F3NO6S/c1-32-14-6-4-13(5-7-14)19-12-21(29)23-20(8-15(33-2)9-22(23)34-3)28(19)35(30,31)16-10-17(25)24(27)18(26)11-16/h4-12H,1-3H3. The fraction of sp³-hybridized carbons (Fsp3) is 0.125. The zero-order chi connectivity index (χ0) is 25.5. The van der Waals surface area contributed by atoms with Gasteiger partial charge in [0.05, 0.1) is 42.8 Å². The van der Waals surface area contributed by atoms with E-state index in [1.807, 2.05) is 0 Å². The third-order valence-corrected chi connectivity index (χ3v) is 7.05. The van der Waals surface area contributed by atoms with Gasteiger partial charge < -0.3 is 14.2 Å². The molecule has 0 spiro atoms. The van der Waals surface area contributed by atoms with E-state index >= 15 is 0 Å². The number of fused-ring (bicyclic) bond motifs is 1. The molecule has 3 aromatic carbocycles. The molecule has 0 unspecified atom stereocenters. The lowest BCUT2D eigenvalue weighted by Gasteiger charge is -2.19. The van der Waals surface area contributed by atoms with E-state index in [-0.39, 0.29) is 33.7 Å². The Morgan fingerprint density at radius 3 is 1.91 bits per heavy atom. The molecular weight excluding hydrogens is 487 g/mol. The zero-order valence-corrected chi connectivity index (χ0v) is 19.5. The summed E-state index contributed by atoms with van der Waals surface area (Å²) in [5.74, 6) is -4.54. The molecule has 1 heterocycles. The summed E-state index contributed by atoms with van der Waals surface area (Å²) in [7, 11) is -0.738. The summed E-state index contributed by atoms with van der Waals surface area (Å²) in [5, 5.41) is -0.114. The van der Waals surface area contributed by atoms with Crippen molar-refractivity contribution in [3.05, 3.63) is 82.3 Å². The second-order valence-corrected chi connectivity index (χ2v) is 9.10. The van der Waals surface area contributed by atoms with Crippen LogP contribution in [0.15, 0.2) is 64.3 Å². The van der Waals surface area contributed by atoms with Crippen molar-refractivity contribution in [3.63, 3.8) is 0 Å². The first kappa shape index (κ1) is 24.1. The molecular formula is C24H18F3NO6S. The number of benzene rings is 3. The van der Waals surface area contributed by atoms with Crippen molar-refractivity contribution < 1.29 is 35.8 Å². The van der Waals surface area contributed by atoms with Crippen LogP contribution in [0.4, 0.5) is 13.2 Å². The van der Waals surface area contributed by atoms with Crippen LogP contribution in [0.2, 0.25) is 0 Å². The molecule has 0 N–H and O–H groups in total. The number of hydrogen-bond acceptors (Lipinski definition) is 6. The van der Waals surface area contributed by atoms with Gasteiger partial charge in [0.2, 0.25) is 0 Å². The maximum absolute atomic E-state index is 14.0. The minimum Gasteiger partial charge on any atom is -0.497 e. The van der Waals surface area contributed by atoms with Crippen molar-refractivity contribution in [3.8, 4) is 28.5 Å². The topological polar surface area (TPSA) is 83.8 Å². The van der Waals surface area contributed by atoms with Gasteiger partial charge in [-0.25, -0.2) is 25.6 Å². The number of ether oxygens (including phenoxy) is 3. The number of rotatable bonds is 6. The summed E-state index contributed by atoms with van der Waals surface area (Å²) < 4.78 is 85.6. The van der Waals surface area contributed by atoms with Crippen molar-refractivity contribution in [2.24, 2.45) is 0 Å². The molecule has 4 rings (SSSR count). The van der Waals surface area contributed by atoms with Crippen LogP contribution < -0.4 is 19.6 Å². The summed E-state index contributed by atoms with van der Waals surface area (Å²) in [5.41, 5.74) is -0.596.